The molecule has 6 heteroatoms. The first-order valence-electron chi connectivity index (χ1n) is 8.62. The highest BCUT2D eigenvalue weighted by Gasteiger charge is 2.23. The highest BCUT2D eigenvalue weighted by Crippen LogP contribution is 2.18. The largest absolute Gasteiger partial charge is 0.338 e. The molecule has 6 nitrogen and oxygen atoms in total. The maximum atomic E-state index is 12.7. The lowest BCUT2D eigenvalue weighted by Gasteiger charge is -2.30. The standard InChI is InChI=1S/C20H20N4O2/c1-14-4-3-7-24(13-14)20(26)17-9-16(11-22-12-17)19(25)23-18-6-2-5-15(8-18)10-21/h2,5-6,8-9,11-12,14H,3-4,7,13H2,1H3,(H,23,25). The van der Waals surface area contributed by atoms with E-state index in [2.05, 4.69) is 17.2 Å². The van der Waals surface area contributed by atoms with Gasteiger partial charge in [0.2, 0.25) is 0 Å². The lowest BCUT2D eigenvalue weighted by atomic mass is 9.99. The number of aromatic nitrogens is 1. The summed E-state index contributed by atoms with van der Waals surface area (Å²) in [5, 5.41) is 11.7. The molecule has 1 atom stereocenters. The van der Waals surface area contributed by atoms with Gasteiger partial charge < -0.3 is 10.2 Å². The number of pyridine rings is 1. The summed E-state index contributed by atoms with van der Waals surface area (Å²) in [4.78, 5) is 31.0. The molecule has 26 heavy (non-hydrogen) atoms. The van der Waals surface area contributed by atoms with Crippen molar-refractivity contribution < 1.29 is 9.59 Å². The number of nitrogens with zero attached hydrogens (tertiary/aromatic N) is 3. The zero-order valence-corrected chi connectivity index (χ0v) is 14.6. The number of benzene rings is 1. The van der Waals surface area contributed by atoms with Crippen LogP contribution in [0.15, 0.2) is 42.7 Å². The fourth-order valence-electron chi connectivity index (χ4n) is 3.11. The van der Waals surface area contributed by atoms with Crippen LogP contribution in [0.2, 0.25) is 0 Å². The molecule has 132 valence electrons. The highest BCUT2D eigenvalue weighted by atomic mass is 16.2. The summed E-state index contributed by atoms with van der Waals surface area (Å²) in [5.74, 6) is 0.0268. The highest BCUT2D eigenvalue weighted by molar-refractivity contribution is 6.05. The minimum Gasteiger partial charge on any atom is -0.338 e. The van der Waals surface area contributed by atoms with E-state index in [1.807, 2.05) is 11.0 Å². The maximum Gasteiger partial charge on any atom is 0.257 e. The fourth-order valence-corrected chi connectivity index (χ4v) is 3.11. The first-order chi connectivity index (χ1) is 12.6. The molecule has 2 aromatic rings. The van der Waals surface area contributed by atoms with Crippen LogP contribution in [0.5, 0.6) is 0 Å². The van der Waals surface area contributed by atoms with Crippen molar-refractivity contribution in [3.63, 3.8) is 0 Å². The van der Waals surface area contributed by atoms with Crippen molar-refractivity contribution >= 4 is 17.5 Å². The number of hydrogen-bond acceptors (Lipinski definition) is 4. The SMILES string of the molecule is CC1CCCN(C(=O)c2cncc(C(=O)Nc3cccc(C#N)c3)c2)C1. The average Bonchev–Trinajstić information content (AvgIpc) is 2.67. The van der Waals surface area contributed by atoms with Crippen LogP contribution in [0.25, 0.3) is 0 Å². The Bertz CT molecular complexity index is 872. The molecule has 1 aromatic heterocycles. The van der Waals surface area contributed by atoms with E-state index >= 15 is 0 Å². The van der Waals surface area contributed by atoms with Crippen LogP contribution in [0.1, 0.15) is 46.0 Å². The van der Waals surface area contributed by atoms with Gasteiger partial charge in [0.15, 0.2) is 0 Å². The summed E-state index contributed by atoms with van der Waals surface area (Å²) in [7, 11) is 0. The third-order valence-electron chi connectivity index (χ3n) is 4.44. The van der Waals surface area contributed by atoms with E-state index in [1.54, 1.807) is 30.3 Å². The van der Waals surface area contributed by atoms with E-state index in [0.29, 0.717) is 28.3 Å². The van der Waals surface area contributed by atoms with Crippen LogP contribution in [0.3, 0.4) is 0 Å². The molecule has 1 aliphatic heterocycles. The Hall–Kier alpha value is -3.20. The Labute approximate surface area is 152 Å². The van der Waals surface area contributed by atoms with Crippen LogP contribution in [0.4, 0.5) is 5.69 Å². The van der Waals surface area contributed by atoms with Crippen LogP contribution < -0.4 is 5.32 Å². The van der Waals surface area contributed by atoms with Crippen LogP contribution >= 0.6 is 0 Å². The van der Waals surface area contributed by atoms with Gasteiger partial charge in [-0.05, 0) is 43.0 Å². The predicted molar refractivity (Wildman–Crippen MR) is 97.6 cm³/mol. The minimum atomic E-state index is -0.366. The van der Waals surface area contributed by atoms with Crippen molar-refractivity contribution in [3.05, 3.63) is 59.4 Å². The number of nitrogens with one attached hydrogen (secondary N) is 1. The number of carbonyl (C=O) groups is 2. The number of likely N-dealkylation sites (tertiary alicyclic amines) is 1. The van der Waals surface area contributed by atoms with E-state index < -0.39 is 0 Å². The Balaban J connectivity index is 1.75. The number of piperidine rings is 1. The number of rotatable bonds is 3. The third-order valence-corrected chi connectivity index (χ3v) is 4.44. The maximum absolute atomic E-state index is 12.7. The Kier molecular flexibility index (Phi) is 5.28. The lowest BCUT2D eigenvalue weighted by molar-refractivity contribution is 0.0682. The molecule has 2 heterocycles. The number of carbonyl (C=O) groups excluding carboxylic acids is 2. The second-order valence-corrected chi connectivity index (χ2v) is 6.61. The first kappa shape index (κ1) is 17.6. The second-order valence-electron chi connectivity index (χ2n) is 6.61. The third kappa shape index (κ3) is 4.06. The first-order valence-corrected chi connectivity index (χ1v) is 8.62. The van der Waals surface area contributed by atoms with E-state index in [-0.39, 0.29) is 11.8 Å². The van der Waals surface area contributed by atoms with Gasteiger partial charge in [0.1, 0.15) is 0 Å². The van der Waals surface area contributed by atoms with Gasteiger partial charge in [0, 0.05) is 31.2 Å². The number of amides is 2. The zero-order valence-electron chi connectivity index (χ0n) is 14.6. The fraction of sp³-hybridized carbons (Fsp3) is 0.300. The van der Waals surface area contributed by atoms with E-state index in [4.69, 9.17) is 5.26 Å². The summed E-state index contributed by atoms with van der Waals surface area (Å²) in [6.45, 7) is 3.60. The molecule has 1 saturated heterocycles. The molecule has 0 aliphatic carbocycles. The molecule has 0 spiro atoms. The molecular formula is C20H20N4O2. The van der Waals surface area contributed by atoms with Gasteiger partial charge in [-0.1, -0.05) is 13.0 Å². The summed E-state index contributed by atoms with van der Waals surface area (Å²) in [5.41, 5.74) is 1.71. The number of nitriles is 1. The van der Waals surface area contributed by atoms with Crippen LogP contribution in [-0.4, -0.2) is 34.8 Å². The van der Waals surface area contributed by atoms with Crippen LogP contribution in [0, 0.1) is 17.2 Å². The van der Waals surface area contributed by atoms with Crippen molar-refractivity contribution in [1.82, 2.24) is 9.88 Å². The summed E-state index contributed by atoms with van der Waals surface area (Å²) in [6.07, 6.45) is 5.05. The van der Waals surface area contributed by atoms with Crippen molar-refractivity contribution in [2.75, 3.05) is 18.4 Å². The van der Waals surface area contributed by atoms with Gasteiger partial charge in [0.05, 0.1) is 22.8 Å². The van der Waals surface area contributed by atoms with Gasteiger partial charge in [0.25, 0.3) is 11.8 Å². The molecule has 3 rings (SSSR count). The van der Waals surface area contributed by atoms with Gasteiger partial charge in [-0.25, -0.2) is 0 Å². The van der Waals surface area contributed by atoms with Crippen molar-refractivity contribution in [2.24, 2.45) is 5.92 Å². The minimum absolute atomic E-state index is 0.0924. The molecule has 0 bridgehead atoms. The summed E-state index contributed by atoms with van der Waals surface area (Å²) >= 11 is 0. The topological polar surface area (TPSA) is 86.1 Å². The van der Waals surface area contributed by atoms with Crippen LogP contribution in [-0.2, 0) is 0 Å². The van der Waals surface area contributed by atoms with Crippen molar-refractivity contribution in [2.45, 2.75) is 19.8 Å². The molecule has 1 fully saturated rings. The molecule has 2 amide bonds. The molecule has 1 aromatic carbocycles. The van der Waals surface area contributed by atoms with Crippen molar-refractivity contribution in [3.8, 4) is 6.07 Å². The average molecular weight is 348 g/mol. The second kappa shape index (κ2) is 7.79. The summed E-state index contributed by atoms with van der Waals surface area (Å²) in [6, 6.07) is 10.3. The predicted octanol–water partition coefficient (Wildman–Crippen LogP) is 3.08. The van der Waals surface area contributed by atoms with Gasteiger partial charge >= 0.3 is 0 Å². The lowest BCUT2D eigenvalue weighted by Crippen LogP contribution is -2.39. The summed E-state index contributed by atoms with van der Waals surface area (Å²) < 4.78 is 0. The Morgan fingerprint density at radius 1 is 1.27 bits per heavy atom. The Morgan fingerprint density at radius 3 is 2.85 bits per heavy atom. The van der Waals surface area contributed by atoms with Gasteiger partial charge in [-0.2, -0.15) is 5.26 Å². The zero-order chi connectivity index (χ0) is 18.5. The van der Waals surface area contributed by atoms with Crippen molar-refractivity contribution in [1.29, 1.82) is 5.26 Å². The number of anilines is 1. The number of hydrogen-bond donors (Lipinski definition) is 1. The quantitative estimate of drug-likeness (QED) is 0.923. The van der Waals surface area contributed by atoms with E-state index in [0.717, 1.165) is 25.9 Å². The molecule has 1 N–H and O–H groups in total. The smallest absolute Gasteiger partial charge is 0.257 e. The van der Waals surface area contributed by atoms with E-state index in [1.165, 1.54) is 12.4 Å². The monoisotopic (exact) mass is 348 g/mol. The normalized spacial score (nSPS) is 16.6. The molecule has 1 aliphatic rings. The van der Waals surface area contributed by atoms with Gasteiger partial charge in [-0.3, -0.25) is 14.6 Å². The Morgan fingerprint density at radius 2 is 2.08 bits per heavy atom. The van der Waals surface area contributed by atoms with Gasteiger partial charge in [-0.15, -0.1) is 0 Å². The molecule has 0 saturated carbocycles. The molecular weight excluding hydrogens is 328 g/mol. The van der Waals surface area contributed by atoms with E-state index in [9.17, 15) is 9.59 Å². The molecule has 0 radical (unpaired) electrons. The molecule has 1 unspecified atom stereocenters.